The standard InChI is InChI=1S/C33H40O20/c1-11-20(37)23(40)25(42)30(49-11)50-13-6-15(36)19-17(7-13)51-27(12-3-4-14(35)16(5-12)46-2)28(22(19)39)53-31-26(43)24(41)21(38)18(52-31)8-47-32-29(44)33(45,9-34)10-48-32/h3-7,11,18,20-21,23-26,29-32,34-38,40-45H,8-10H2,1-2H3/t11-,18+,20+,21-,23+,24-,25-,26-,29+,30+,31+,32-,33+/m1/s1. The van der Waals surface area contributed by atoms with Crippen molar-refractivity contribution >= 4 is 11.0 Å². The lowest BCUT2D eigenvalue weighted by molar-refractivity contribution is -0.289. The Balaban J connectivity index is 1.35. The predicted octanol–water partition coefficient (Wildman–Crippen LogP) is -3.27. The number of phenolic OH excluding ortho intramolecular Hbond substituents is 2. The van der Waals surface area contributed by atoms with Gasteiger partial charge in [0, 0.05) is 17.7 Å². The maximum absolute atomic E-state index is 14.1. The number of hydrogen-bond donors (Lipinski definition) is 11. The van der Waals surface area contributed by atoms with Gasteiger partial charge in [0.15, 0.2) is 23.5 Å². The maximum Gasteiger partial charge on any atom is 0.239 e. The Labute approximate surface area is 298 Å². The molecule has 6 rings (SSSR count). The molecule has 0 bridgehead atoms. The van der Waals surface area contributed by atoms with Crippen molar-refractivity contribution in [2.45, 2.75) is 86.3 Å². The van der Waals surface area contributed by atoms with Crippen molar-refractivity contribution in [3.05, 3.63) is 40.6 Å². The van der Waals surface area contributed by atoms with Crippen molar-refractivity contribution in [3.63, 3.8) is 0 Å². The van der Waals surface area contributed by atoms with Gasteiger partial charge in [-0.15, -0.1) is 0 Å². The van der Waals surface area contributed by atoms with Gasteiger partial charge in [0.2, 0.25) is 23.8 Å². The Morgan fingerprint density at radius 3 is 2.17 bits per heavy atom. The summed E-state index contributed by atoms with van der Waals surface area (Å²) < 4.78 is 44.5. The molecule has 53 heavy (non-hydrogen) atoms. The monoisotopic (exact) mass is 756 g/mol. The molecule has 13 atom stereocenters. The van der Waals surface area contributed by atoms with Crippen LogP contribution in [0.2, 0.25) is 0 Å². The van der Waals surface area contributed by atoms with E-state index in [9.17, 15) is 61.0 Å². The highest BCUT2D eigenvalue weighted by molar-refractivity contribution is 5.88. The third-order valence-corrected chi connectivity index (χ3v) is 9.32. The molecule has 292 valence electrons. The topological polar surface area (TPSA) is 317 Å². The zero-order chi connectivity index (χ0) is 38.5. The summed E-state index contributed by atoms with van der Waals surface area (Å²) in [7, 11) is 1.26. The summed E-state index contributed by atoms with van der Waals surface area (Å²) >= 11 is 0. The number of ether oxygens (including phenoxy) is 7. The van der Waals surface area contributed by atoms with Gasteiger partial charge in [-0.2, -0.15) is 0 Å². The fourth-order valence-electron chi connectivity index (χ4n) is 6.08. The van der Waals surface area contributed by atoms with E-state index >= 15 is 0 Å². The first kappa shape index (κ1) is 38.8. The van der Waals surface area contributed by atoms with Gasteiger partial charge in [-0.3, -0.25) is 4.79 Å². The van der Waals surface area contributed by atoms with E-state index in [4.69, 9.17) is 37.6 Å². The van der Waals surface area contributed by atoms with E-state index in [1.165, 1.54) is 32.2 Å². The molecule has 0 amide bonds. The molecule has 3 fully saturated rings. The molecular weight excluding hydrogens is 716 g/mol. The number of phenols is 2. The zero-order valence-corrected chi connectivity index (χ0v) is 28.0. The molecule has 20 nitrogen and oxygen atoms in total. The summed E-state index contributed by atoms with van der Waals surface area (Å²) in [6, 6.07) is 5.90. The number of aromatic hydroxyl groups is 2. The molecule has 1 aromatic heterocycles. The van der Waals surface area contributed by atoms with Gasteiger partial charge in [-0.05, 0) is 25.1 Å². The number of methoxy groups -OCH3 is 1. The highest BCUT2D eigenvalue weighted by Crippen LogP contribution is 2.40. The van der Waals surface area contributed by atoms with E-state index in [-0.39, 0.29) is 34.2 Å². The molecule has 3 saturated heterocycles. The Kier molecular flexibility index (Phi) is 11.1. The molecular formula is C33H40O20. The summed E-state index contributed by atoms with van der Waals surface area (Å²) in [5, 5.41) is 114. The van der Waals surface area contributed by atoms with Gasteiger partial charge in [-0.1, -0.05) is 0 Å². The molecule has 0 radical (unpaired) electrons. The minimum absolute atomic E-state index is 0.0472. The lowest BCUT2D eigenvalue weighted by Crippen LogP contribution is -2.60. The number of fused-ring (bicyclic) bond motifs is 1. The van der Waals surface area contributed by atoms with Crippen molar-refractivity contribution in [1.29, 1.82) is 0 Å². The highest BCUT2D eigenvalue weighted by Gasteiger charge is 2.50. The Hall–Kier alpha value is -3.87. The van der Waals surface area contributed by atoms with E-state index in [0.717, 1.165) is 12.1 Å². The zero-order valence-electron chi connectivity index (χ0n) is 28.0. The third kappa shape index (κ3) is 7.22. The van der Waals surface area contributed by atoms with Crippen molar-refractivity contribution in [1.82, 2.24) is 0 Å². The Morgan fingerprint density at radius 1 is 0.830 bits per heavy atom. The molecule has 20 heteroatoms. The quantitative estimate of drug-likeness (QED) is 0.0967. The van der Waals surface area contributed by atoms with Crippen molar-refractivity contribution < 1.29 is 93.7 Å². The van der Waals surface area contributed by atoms with E-state index in [1.54, 1.807) is 0 Å². The van der Waals surface area contributed by atoms with Gasteiger partial charge in [0.05, 0.1) is 33.0 Å². The van der Waals surface area contributed by atoms with E-state index in [1.807, 2.05) is 0 Å². The molecule has 3 aliphatic heterocycles. The second-order valence-electron chi connectivity index (χ2n) is 12.9. The van der Waals surface area contributed by atoms with Gasteiger partial charge < -0.3 is 93.7 Å². The van der Waals surface area contributed by atoms with Crippen LogP contribution in [0, 0.1) is 0 Å². The second kappa shape index (κ2) is 15.1. The first-order valence-electron chi connectivity index (χ1n) is 16.3. The number of aliphatic hydroxyl groups is 9. The molecule has 3 aliphatic rings. The predicted molar refractivity (Wildman–Crippen MR) is 172 cm³/mol. The average molecular weight is 757 g/mol. The number of rotatable bonds is 10. The van der Waals surface area contributed by atoms with Crippen LogP contribution in [-0.4, -0.2) is 163 Å². The average Bonchev–Trinajstić information content (AvgIpc) is 3.42. The van der Waals surface area contributed by atoms with Crippen LogP contribution in [-0.2, 0) is 18.9 Å². The minimum Gasteiger partial charge on any atom is -0.507 e. The normalized spacial score (nSPS) is 36.1. The lowest BCUT2D eigenvalue weighted by atomic mass is 9.99. The third-order valence-electron chi connectivity index (χ3n) is 9.32. The summed E-state index contributed by atoms with van der Waals surface area (Å²) in [6.45, 7) is -0.527. The second-order valence-corrected chi connectivity index (χ2v) is 12.9. The van der Waals surface area contributed by atoms with Crippen LogP contribution in [0.3, 0.4) is 0 Å². The summed E-state index contributed by atoms with van der Waals surface area (Å²) in [5.41, 5.74) is -3.34. The van der Waals surface area contributed by atoms with Gasteiger partial charge >= 0.3 is 0 Å². The van der Waals surface area contributed by atoms with Crippen molar-refractivity contribution in [2.75, 3.05) is 26.9 Å². The summed E-state index contributed by atoms with van der Waals surface area (Å²) in [5.74, 6) is -2.36. The Morgan fingerprint density at radius 2 is 1.51 bits per heavy atom. The number of aliphatic hydroxyl groups excluding tert-OH is 8. The molecule has 0 saturated carbocycles. The van der Waals surface area contributed by atoms with Crippen molar-refractivity contribution in [2.24, 2.45) is 0 Å². The highest BCUT2D eigenvalue weighted by atomic mass is 16.7. The van der Waals surface area contributed by atoms with Crippen molar-refractivity contribution in [3.8, 4) is 40.1 Å². The van der Waals surface area contributed by atoms with Crippen LogP contribution in [0.1, 0.15) is 6.92 Å². The first-order chi connectivity index (χ1) is 25.1. The molecule has 4 heterocycles. The summed E-state index contributed by atoms with van der Waals surface area (Å²) in [6.07, 6.45) is -19.6. The van der Waals surface area contributed by atoms with Crippen LogP contribution in [0.25, 0.3) is 22.3 Å². The van der Waals surface area contributed by atoms with Crippen LogP contribution in [0.15, 0.2) is 39.5 Å². The first-order valence-corrected chi connectivity index (χ1v) is 16.3. The lowest BCUT2D eigenvalue weighted by Gasteiger charge is -2.40. The van der Waals surface area contributed by atoms with Crippen LogP contribution >= 0.6 is 0 Å². The van der Waals surface area contributed by atoms with Crippen LogP contribution < -0.4 is 19.6 Å². The fourth-order valence-corrected chi connectivity index (χ4v) is 6.08. The molecule has 3 aromatic rings. The molecule has 0 aliphatic carbocycles. The molecule has 11 N–H and O–H groups in total. The fraction of sp³-hybridized carbons (Fsp3) is 0.545. The van der Waals surface area contributed by atoms with Crippen LogP contribution in [0.4, 0.5) is 0 Å². The Bertz CT molecular complexity index is 1830. The van der Waals surface area contributed by atoms with E-state index < -0.39 is 122 Å². The molecule has 0 spiro atoms. The smallest absolute Gasteiger partial charge is 0.239 e. The van der Waals surface area contributed by atoms with E-state index in [2.05, 4.69) is 0 Å². The van der Waals surface area contributed by atoms with Gasteiger partial charge in [0.1, 0.15) is 76.9 Å². The molecule has 2 aromatic carbocycles. The maximum atomic E-state index is 14.1. The van der Waals surface area contributed by atoms with Gasteiger partial charge in [0.25, 0.3) is 0 Å². The number of hydrogen-bond acceptors (Lipinski definition) is 20. The van der Waals surface area contributed by atoms with Gasteiger partial charge in [-0.25, -0.2) is 0 Å². The molecule has 0 unspecified atom stereocenters. The van der Waals surface area contributed by atoms with E-state index in [0.29, 0.717) is 0 Å². The number of benzene rings is 2. The SMILES string of the molecule is COc1cc(-c2oc3cc(O[C@@H]4O[C@H](C)[C@H](O)[C@H](O)[C@H]4O)cc(O)c3c(=O)c2O[C@@H]2O[C@@H](CO[C@@H]3OC[C@@](O)(CO)[C@H]3O)[C@@H](O)[C@@H](O)[C@H]2O)ccc1O. The largest absolute Gasteiger partial charge is 0.507 e. The van der Waals surface area contributed by atoms with Crippen LogP contribution in [0.5, 0.6) is 28.7 Å². The minimum atomic E-state index is -2.02. The summed E-state index contributed by atoms with van der Waals surface area (Å²) in [4.78, 5) is 14.1.